The van der Waals surface area contributed by atoms with E-state index in [-0.39, 0.29) is 23.8 Å². The third kappa shape index (κ3) is 4.08. The molecule has 0 aliphatic heterocycles. The monoisotopic (exact) mass is 316 g/mol. The summed E-state index contributed by atoms with van der Waals surface area (Å²) in [6.45, 7) is 6.08. The van der Waals surface area contributed by atoms with Gasteiger partial charge in [0.05, 0.1) is 12.0 Å². The van der Waals surface area contributed by atoms with Gasteiger partial charge in [-0.3, -0.25) is 9.78 Å². The molecular weight excluding hydrogens is 296 g/mol. The molecule has 1 N–H and O–H groups in total. The fourth-order valence-electron chi connectivity index (χ4n) is 2.55. The molecule has 2 aromatic rings. The molecule has 2 unspecified atom stereocenters. The number of carbonyl (C=O) groups is 1. The van der Waals surface area contributed by atoms with Crippen LogP contribution in [0.5, 0.6) is 0 Å². The maximum absolute atomic E-state index is 12.7. The first-order valence-electron chi connectivity index (χ1n) is 7.44. The van der Waals surface area contributed by atoms with E-state index in [4.69, 9.17) is 11.6 Å². The van der Waals surface area contributed by atoms with Gasteiger partial charge in [0, 0.05) is 17.4 Å². The number of halogens is 1. The maximum atomic E-state index is 12.7. The van der Waals surface area contributed by atoms with E-state index in [2.05, 4.69) is 24.1 Å². The lowest BCUT2D eigenvalue weighted by Gasteiger charge is -2.23. The number of aromatic nitrogens is 1. The summed E-state index contributed by atoms with van der Waals surface area (Å²) in [4.78, 5) is 16.7. The molecule has 2 rings (SSSR count). The normalized spacial score (nSPS) is 13.7. The quantitative estimate of drug-likeness (QED) is 0.891. The zero-order valence-corrected chi connectivity index (χ0v) is 13.8. The number of amides is 1. The number of rotatable bonds is 5. The summed E-state index contributed by atoms with van der Waals surface area (Å²) in [5.74, 6) is 0.0361. The zero-order chi connectivity index (χ0) is 16.1. The Labute approximate surface area is 136 Å². The molecule has 0 aliphatic rings. The second-order valence-electron chi connectivity index (χ2n) is 5.78. The van der Waals surface area contributed by atoms with Gasteiger partial charge in [-0.15, -0.1) is 0 Å². The van der Waals surface area contributed by atoms with Crippen molar-refractivity contribution in [2.24, 2.45) is 5.92 Å². The van der Waals surface area contributed by atoms with E-state index < -0.39 is 0 Å². The van der Waals surface area contributed by atoms with E-state index >= 15 is 0 Å². The predicted molar refractivity (Wildman–Crippen MR) is 89.8 cm³/mol. The Morgan fingerprint density at radius 1 is 1.00 bits per heavy atom. The molecule has 2 atom stereocenters. The van der Waals surface area contributed by atoms with Gasteiger partial charge in [-0.25, -0.2) is 0 Å². The fraction of sp³-hybridized carbons (Fsp3) is 0.333. The van der Waals surface area contributed by atoms with Crippen LogP contribution in [0.25, 0.3) is 0 Å². The number of hydrogen-bond donors (Lipinski definition) is 1. The Morgan fingerprint density at radius 2 is 1.59 bits per heavy atom. The standard InChI is InChI=1S/C18H21ClN2O/c1-12(2)17(15-4-6-16(19)7-5-15)18(22)21-13(3)14-8-10-20-11-9-14/h4-13,17H,1-3H3,(H,21,22). The fourth-order valence-corrected chi connectivity index (χ4v) is 2.67. The molecular formula is C18H21ClN2O. The summed E-state index contributed by atoms with van der Waals surface area (Å²) < 4.78 is 0. The summed E-state index contributed by atoms with van der Waals surface area (Å²) in [6.07, 6.45) is 3.47. The third-order valence-electron chi connectivity index (χ3n) is 3.74. The van der Waals surface area contributed by atoms with Gasteiger partial charge in [-0.1, -0.05) is 37.6 Å². The minimum atomic E-state index is -0.193. The molecule has 1 aromatic heterocycles. The third-order valence-corrected chi connectivity index (χ3v) is 4.00. The molecule has 0 bridgehead atoms. The Hall–Kier alpha value is -1.87. The highest BCUT2D eigenvalue weighted by Gasteiger charge is 2.25. The molecule has 0 saturated heterocycles. The summed E-state index contributed by atoms with van der Waals surface area (Å²) in [5, 5.41) is 3.77. The summed E-state index contributed by atoms with van der Waals surface area (Å²) in [6, 6.07) is 11.3. The number of pyridine rings is 1. The van der Waals surface area contributed by atoms with Crippen LogP contribution in [0.15, 0.2) is 48.8 Å². The van der Waals surface area contributed by atoms with Crippen molar-refractivity contribution < 1.29 is 4.79 Å². The maximum Gasteiger partial charge on any atom is 0.228 e. The van der Waals surface area contributed by atoms with Crippen molar-refractivity contribution in [2.75, 3.05) is 0 Å². The molecule has 1 amide bonds. The SMILES string of the molecule is CC(NC(=O)C(c1ccc(Cl)cc1)C(C)C)c1ccncc1. The lowest BCUT2D eigenvalue weighted by molar-refractivity contribution is -0.124. The van der Waals surface area contributed by atoms with Crippen LogP contribution in [0.4, 0.5) is 0 Å². The first-order chi connectivity index (χ1) is 10.5. The van der Waals surface area contributed by atoms with Crippen LogP contribution in [0.1, 0.15) is 43.9 Å². The predicted octanol–water partition coefficient (Wildman–Crippen LogP) is 4.35. The van der Waals surface area contributed by atoms with Gasteiger partial charge in [0.15, 0.2) is 0 Å². The van der Waals surface area contributed by atoms with E-state index in [1.54, 1.807) is 12.4 Å². The van der Waals surface area contributed by atoms with E-state index in [0.717, 1.165) is 11.1 Å². The minimum Gasteiger partial charge on any atom is -0.349 e. The summed E-state index contributed by atoms with van der Waals surface area (Å²) in [7, 11) is 0. The number of hydrogen-bond acceptors (Lipinski definition) is 2. The van der Waals surface area contributed by atoms with E-state index in [1.807, 2.05) is 43.3 Å². The van der Waals surface area contributed by atoms with Crippen LogP contribution in [0.3, 0.4) is 0 Å². The average molecular weight is 317 g/mol. The van der Waals surface area contributed by atoms with Crippen molar-refractivity contribution in [2.45, 2.75) is 32.7 Å². The van der Waals surface area contributed by atoms with Crippen molar-refractivity contribution >= 4 is 17.5 Å². The Bertz CT molecular complexity index is 611. The van der Waals surface area contributed by atoms with Crippen molar-refractivity contribution in [3.8, 4) is 0 Å². The number of nitrogens with one attached hydrogen (secondary N) is 1. The zero-order valence-electron chi connectivity index (χ0n) is 13.1. The van der Waals surface area contributed by atoms with Gasteiger partial charge >= 0.3 is 0 Å². The molecule has 1 aromatic carbocycles. The molecule has 1 heterocycles. The van der Waals surface area contributed by atoms with Crippen molar-refractivity contribution in [1.82, 2.24) is 10.3 Å². The molecule has 0 saturated carbocycles. The van der Waals surface area contributed by atoms with Gasteiger partial charge in [0.25, 0.3) is 0 Å². The van der Waals surface area contributed by atoms with Crippen molar-refractivity contribution in [1.29, 1.82) is 0 Å². The summed E-state index contributed by atoms with van der Waals surface area (Å²) in [5.41, 5.74) is 2.03. The van der Waals surface area contributed by atoms with Gasteiger partial charge < -0.3 is 5.32 Å². The minimum absolute atomic E-state index is 0.0293. The first-order valence-corrected chi connectivity index (χ1v) is 7.82. The van der Waals surface area contributed by atoms with Crippen LogP contribution in [-0.4, -0.2) is 10.9 Å². The summed E-state index contributed by atoms with van der Waals surface area (Å²) >= 11 is 5.93. The van der Waals surface area contributed by atoms with E-state index in [0.29, 0.717) is 5.02 Å². The van der Waals surface area contributed by atoms with Crippen LogP contribution in [-0.2, 0) is 4.79 Å². The van der Waals surface area contributed by atoms with Crippen LogP contribution in [0, 0.1) is 5.92 Å². The highest BCUT2D eigenvalue weighted by atomic mass is 35.5. The average Bonchev–Trinajstić information content (AvgIpc) is 2.50. The van der Waals surface area contributed by atoms with E-state index in [9.17, 15) is 4.79 Å². The highest BCUT2D eigenvalue weighted by Crippen LogP contribution is 2.27. The number of nitrogens with zero attached hydrogens (tertiary/aromatic N) is 1. The van der Waals surface area contributed by atoms with Crippen LogP contribution in [0.2, 0.25) is 5.02 Å². The van der Waals surface area contributed by atoms with Crippen molar-refractivity contribution in [3.05, 3.63) is 64.9 Å². The number of carbonyl (C=O) groups excluding carboxylic acids is 1. The molecule has 0 fully saturated rings. The first kappa shape index (κ1) is 16.5. The lowest BCUT2D eigenvalue weighted by Crippen LogP contribution is -2.34. The van der Waals surface area contributed by atoms with Gasteiger partial charge in [0.2, 0.25) is 5.91 Å². The Morgan fingerprint density at radius 3 is 2.14 bits per heavy atom. The largest absolute Gasteiger partial charge is 0.349 e. The molecule has 4 heteroatoms. The van der Waals surface area contributed by atoms with Gasteiger partial charge in [0.1, 0.15) is 0 Å². The van der Waals surface area contributed by atoms with Crippen molar-refractivity contribution in [3.63, 3.8) is 0 Å². The molecule has 0 aliphatic carbocycles. The second kappa shape index (κ2) is 7.41. The van der Waals surface area contributed by atoms with Gasteiger partial charge in [-0.05, 0) is 48.2 Å². The lowest BCUT2D eigenvalue weighted by atomic mass is 9.87. The van der Waals surface area contributed by atoms with Gasteiger partial charge in [-0.2, -0.15) is 0 Å². The topological polar surface area (TPSA) is 42.0 Å². The number of benzene rings is 1. The molecule has 116 valence electrons. The second-order valence-corrected chi connectivity index (χ2v) is 6.22. The molecule has 3 nitrogen and oxygen atoms in total. The molecule has 0 spiro atoms. The van der Waals surface area contributed by atoms with Crippen LogP contribution >= 0.6 is 11.6 Å². The van der Waals surface area contributed by atoms with Crippen LogP contribution < -0.4 is 5.32 Å². The molecule has 0 radical (unpaired) electrons. The Kier molecular flexibility index (Phi) is 5.56. The smallest absolute Gasteiger partial charge is 0.228 e. The highest BCUT2D eigenvalue weighted by molar-refractivity contribution is 6.30. The molecule has 22 heavy (non-hydrogen) atoms. The van der Waals surface area contributed by atoms with E-state index in [1.165, 1.54) is 0 Å². The Balaban J connectivity index is 2.15.